The second kappa shape index (κ2) is 6.09. The first-order chi connectivity index (χ1) is 14.7. The van der Waals surface area contributed by atoms with E-state index in [-0.39, 0.29) is 0 Å². The Labute approximate surface area is 172 Å². The van der Waals surface area contributed by atoms with Gasteiger partial charge in [0.25, 0.3) is 0 Å². The molecule has 0 atom stereocenters. The quantitative estimate of drug-likeness (QED) is 0.420. The fraction of sp³-hybridized carbons (Fsp3) is 0. The van der Waals surface area contributed by atoms with E-state index in [1.807, 2.05) is 71.6 Å². The fourth-order valence-electron chi connectivity index (χ4n) is 4.21. The molecule has 4 N–H and O–H groups in total. The van der Waals surface area contributed by atoms with Crippen LogP contribution in [0, 0.1) is 0 Å². The highest BCUT2D eigenvalue weighted by atomic mass is 15.1. The standard InChI is InChI=1S/C24H18N6/c25-21-15-7-1-2-8-16(15)23(29-13-27-17-9-3-5-11-19(17)29)24(22(21)26)30-14-28-18-10-4-6-12-20(18)30/h1-14H,25-26H2. The van der Waals surface area contributed by atoms with Crippen LogP contribution in [0.15, 0.2) is 85.5 Å². The topological polar surface area (TPSA) is 87.7 Å². The van der Waals surface area contributed by atoms with Crippen molar-refractivity contribution in [1.82, 2.24) is 19.1 Å². The van der Waals surface area contributed by atoms with Crippen molar-refractivity contribution in [3.8, 4) is 11.4 Å². The predicted octanol–water partition coefficient (Wildman–Crippen LogP) is 4.68. The number of fused-ring (bicyclic) bond motifs is 3. The number of hydrogen-bond acceptors (Lipinski definition) is 4. The number of rotatable bonds is 2. The molecule has 0 saturated heterocycles. The van der Waals surface area contributed by atoms with E-state index in [1.165, 1.54) is 0 Å². The smallest absolute Gasteiger partial charge is 0.101 e. The van der Waals surface area contributed by atoms with Crippen LogP contribution >= 0.6 is 0 Å². The van der Waals surface area contributed by atoms with Crippen LogP contribution < -0.4 is 11.5 Å². The van der Waals surface area contributed by atoms with Crippen molar-refractivity contribution >= 4 is 44.2 Å². The van der Waals surface area contributed by atoms with Crippen LogP contribution in [0.2, 0.25) is 0 Å². The molecule has 6 heteroatoms. The molecule has 0 aliphatic rings. The molecule has 4 aromatic carbocycles. The number of hydrogen-bond donors (Lipinski definition) is 2. The molecule has 0 bridgehead atoms. The lowest BCUT2D eigenvalue weighted by Gasteiger charge is -2.20. The van der Waals surface area contributed by atoms with Gasteiger partial charge in [-0.1, -0.05) is 48.5 Å². The molecule has 0 unspecified atom stereocenters. The first-order valence-electron chi connectivity index (χ1n) is 9.68. The van der Waals surface area contributed by atoms with Gasteiger partial charge in [-0.05, 0) is 24.3 Å². The highest BCUT2D eigenvalue weighted by Crippen LogP contribution is 2.41. The van der Waals surface area contributed by atoms with Crippen molar-refractivity contribution < 1.29 is 0 Å². The molecule has 6 nitrogen and oxygen atoms in total. The molecule has 2 heterocycles. The van der Waals surface area contributed by atoms with Crippen LogP contribution in [0.4, 0.5) is 11.4 Å². The van der Waals surface area contributed by atoms with Gasteiger partial charge in [-0.15, -0.1) is 0 Å². The lowest BCUT2D eigenvalue weighted by Crippen LogP contribution is -2.09. The molecule has 144 valence electrons. The number of imidazole rings is 2. The van der Waals surface area contributed by atoms with Crippen molar-refractivity contribution in [3.63, 3.8) is 0 Å². The molecule has 2 aromatic heterocycles. The zero-order valence-electron chi connectivity index (χ0n) is 16.0. The van der Waals surface area contributed by atoms with Crippen LogP contribution in [-0.4, -0.2) is 19.1 Å². The van der Waals surface area contributed by atoms with Gasteiger partial charge < -0.3 is 11.5 Å². The van der Waals surface area contributed by atoms with Crippen LogP contribution in [0.1, 0.15) is 0 Å². The minimum Gasteiger partial charge on any atom is -0.396 e. The summed E-state index contributed by atoms with van der Waals surface area (Å²) in [6.45, 7) is 0. The number of aromatic nitrogens is 4. The molecular weight excluding hydrogens is 372 g/mol. The van der Waals surface area contributed by atoms with E-state index in [4.69, 9.17) is 11.5 Å². The Morgan fingerprint density at radius 2 is 1.03 bits per heavy atom. The minimum absolute atomic E-state index is 0.518. The Kier molecular flexibility index (Phi) is 3.37. The lowest BCUT2D eigenvalue weighted by molar-refractivity contribution is 1.03. The molecule has 0 radical (unpaired) electrons. The van der Waals surface area contributed by atoms with E-state index >= 15 is 0 Å². The summed E-state index contributed by atoms with van der Waals surface area (Å²) in [4.78, 5) is 9.18. The number of para-hydroxylation sites is 4. The molecule has 0 aliphatic carbocycles. The van der Waals surface area contributed by atoms with Crippen LogP contribution in [-0.2, 0) is 0 Å². The summed E-state index contributed by atoms with van der Waals surface area (Å²) in [6, 6.07) is 24.1. The lowest BCUT2D eigenvalue weighted by atomic mass is 10.0. The molecule has 0 spiro atoms. The maximum atomic E-state index is 6.67. The normalized spacial score (nSPS) is 11.6. The Hall–Kier alpha value is -4.32. The van der Waals surface area contributed by atoms with Crippen LogP contribution in [0.5, 0.6) is 0 Å². The molecule has 0 aliphatic heterocycles. The molecular formula is C24H18N6. The average molecular weight is 390 g/mol. The zero-order valence-corrected chi connectivity index (χ0v) is 16.0. The monoisotopic (exact) mass is 390 g/mol. The first-order valence-corrected chi connectivity index (χ1v) is 9.68. The molecule has 0 fully saturated rings. The maximum absolute atomic E-state index is 6.67. The number of nitrogens with zero attached hydrogens (tertiary/aromatic N) is 4. The number of anilines is 2. The van der Waals surface area contributed by atoms with Gasteiger partial charge in [0.2, 0.25) is 0 Å². The van der Waals surface area contributed by atoms with Gasteiger partial charge >= 0.3 is 0 Å². The third-order valence-corrected chi connectivity index (χ3v) is 5.63. The summed E-state index contributed by atoms with van der Waals surface area (Å²) in [6.07, 6.45) is 3.64. The van der Waals surface area contributed by atoms with E-state index in [2.05, 4.69) is 26.7 Å². The first kappa shape index (κ1) is 16.6. The van der Waals surface area contributed by atoms with Crippen LogP contribution in [0.25, 0.3) is 44.2 Å². The van der Waals surface area contributed by atoms with E-state index in [0.717, 1.165) is 44.2 Å². The van der Waals surface area contributed by atoms with Gasteiger partial charge in [0.1, 0.15) is 12.7 Å². The third kappa shape index (κ3) is 2.18. The van der Waals surface area contributed by atoms with Gasteiger partial charge in [-0.25, -0.2) is 9.97 Å². The van der Waals surface area contributed by atoms with Gasteiger partial charge in [-0.2, -0.15) is 0 Å². The molecule has 6 aromatic rings. The van der Waals surface area contributed by atoms with Gasteiger partial charge in [0, 0.05) is 10.8 Å². The number of nitrogens with two attached hydrogens (primary N) is 2. The van der Waals surface area contributed by atoms with Crippen molar-refractivity contribution in [1.29, 1.82) is 0 Å². The Bertz CT molecular complexity index is 1570. The highest BCUT2D eigenvalue weighted by Gasteiger charge is 2.21. The fourth-order valence-corrected chi connectivity index (χ4v) is 4.21. The Balaban J connectivity index is 1.83. The summed E-state index contributed by atoms with van der Waals surface area (Å²) in [5.74, 6) is 0. The second-order valence-corrected chi connectivity index (χ2v) is 7.28. The van der Waals surface area contributed by atoms with E-state index in [9.17, 15) is 0 Å². The van der Waals surface area contributed by atoms with Gasteiger partial charge in [0.15, 0.2) is 0 Å². The maximum Gasteiger partial charge on any atom is 0.101 e. The Morgan fingerprint density at radius 3 is 1.67 bits per heavy atom. The third-order valence-electron chi connectivity index (χ3n) is 5.63. The van der Waals surface area contributed by atoms with Crippen molar-refractivity contribution in [2.45, 2.75) is 0 Å². The van der Waals surface area contributed by atoms with E-state index in [0.29, 0.717) is 11.4 Å². The SMILES string of the molecule is Nc1c(-n2cnc3ccccc32)c(-n2cnc3ccccc32)c2ccccc2c1N. The Morgan fingerprint density at radius 1 is 0.533 bits per heavy atom. The summed E-state index contributed by atoms with van der Waals surface area (Å²) in [7, 11) is 0. The molecule has 30 heavy (non-hydrogen) atoms. The van der Waals surface area contributed by atoms with Crippen LogP contribution in [0.3, 0.4) is 0 Å². The van der Waals surface area contributed by atoms with E-state index < -0.39 is 0 Å². The molecule has 0 amide bonds. The second-order valence-electron chi connectivity index (χ2n) is 7.28. The summed E-state index contributed by atoms with van der Waals surface area (Å²) in [5.41, 5.74) is 19.8. The minimum atomic E-state index is 0.518. The van der Waals surface area contributed by atoms with E-state index in [1.54, 1.807) is 6.33 Å². The van der Waals surface area contributed by atoms with Crippen molar-refractivity contribution in [3.05, 3.63) is 85.5 Å². The highest BCUT2D eigenvalue weighted by molar-refractivity contribution is 6.09. The molecule has 0 saturated carbocycles. The zero-order chi connectivity index (χ0) is 20.2. The van der Waals surface area contributed by atoms with Gasteiger partial charge in [-0.3, -0.25) is 9.13 Å². The summed E-state index contributed by atoms with van der Waals surface area (Å²) >= 11 is 0. The van der Waals surface area contributed by atoms with Crippen molar-refractivity contribution in [2.24, 2.45) is 0 Å². The predicted molar refractivity (Wildman–Crippen MR) is 122 cm³/mol. The molecule has 6 rings (SSSR count). The summed E-state index contributed by atoms with van der Waals surface area (Å²) < 4.78 is 4.09. The van der Waals surface area contributed by atoms with Gasteiger partial charge in [0.05, 0.1) is 44.8 Å². The largest absolute Gasteiger partial charge is 0.396 e. The average Bonchev–Trinajstić information content (AvgIpc) is 3.40. The van der Waals surface area contributed by atoms with Crippen molar-refractivity contribution in [2.75, 3.05) is 11.5 Å². The summed E-state index contributed by atoms with van der Waals surface area (Å²) in [5, 5.41) is 1.91. The number of benzene rings is 4. The number of nitrogen functional groups attached to an aromatic ring is 2.